The lowest BCUT2D eigenvalue weighted by Crippen LogP contribution is -2.28. The minimum Gasteiger partial charge on any atom is -0.481 e. The number of hydrogen-bond donors (Lipinski definition) is 2. The van der Waals surface area contributed by atoms with Crippen molar-refractivity contribution in [3.63, 3.8) is 0 Å². The first kappa shape index (κ1) is 20.3. The van der Waals surface area contributed by atoms with E-state index in [9.17, 15) is 14.7 Å². The monoisotopic (exact) mass is 392 g/mol. The second-order valence-electron chi connectivity index (χ2n) is 7.39. The van der Waals surface area contributed by atoms with Gasteiger partial charge in [-0.3, -0.25) is 9.59 Å². The fraction of sp³-hybridized carbons (Fsp3) is 0.261. The number of nitrogens with zero attached hydrogens (tertiary/aromatic N) is 1. The van der Waals surface area contributed by atoms with Gasteiger partial charge in [-0.1, -0.05) is 42.5 Å². The maximum atomic E-state index is 12.2. The number of carboxylic acids is 1. The number of rotatable bonds is 8. The van der Waals surface area contributed by atoms with Crippen molar-refractivity contribution in [3.8, 4) is 11.3 Å². The SMILES string of the molecule is CC(C)(C(=O)O)c1ccc(NC(=O)CCCc2ncc(-c3ccccc3)o2)cc1. The quantitative estimate of drug-likeness (QED) is 0.581. The molecule has 3 rings (SSSR count). The molecule has 0 atom stereocenters. The highest BCUT2D eigenvalue weighted by molar-refractivity contribution is 5.90. The molecule has 0 aliphatic carbocycles. The summed E-state index contributed by atoms with van der Waals surface area (Å²) in [7, 11) is 0. The van der Waals surface area contributed by atoms with E-state index < -0.39 is 11.4 Å². The number of hydrogen-bond acceptors (Lipinski definition) is 4. The molecule has 0 saturated carbocycles. The molecule has 0 radical (unpaired) electrons. The first-order valence-corrected chi connectivity index (χ1v) is 9.50. The molecule has 0 saturated heterocycles. The number of anilines is 1. The molecule has 6 heteroatoms. The molecule has 0 bridgehead atoms. The number of amides is 1. The molecule has 1 heterocycles. The van der Waals surface area contributed by atoms with E-state index >= 15 is 0 Å². The summed E-state index contributed by atoms with van der Waals surface area (Å²) >= 11 is 0. The molecule has 0 spiro atoms. The Morgan fingerprint density at radius 2 is 1.76 bits per heavy atom. The predicted molar refractivity (Wildman–Crippen MR) is 111 cm³/mol. The van der Waals surface area contributed by atoms with Crippen LogP contribution in [0.1, 0.15) is 38.1 Å². The van der Waals surface area contributed by atoms with Crippen LogP contribution < -0.4 is 5.32 Å². The Balaban J connectivity index is 1.48. The second kappa shape index (κ2) is 8.73. The van der Waals surface area contributed by atoms with Crippen LogP contribution >= 0.6 is 0 Å². The number of oxazole rings is 1. The highest BCUT2D eigenvalue weighted by Crippen LogP contribution is 2.25. The van der Waals surface area contributed by atoms with E-state index in [1.807, 2.05) is 30.3 Å². The average Bonchev–Trinajstić information content (AvgIpc) is 3.18. The van der Waals surface area contributed by atoms with E-state index in [-0.39, 0.29) is 5.91 Å². The Kier molecular flexibility index (Phi) is 6.12. The van der Waals surface area contributed by atoms with E-state index in [2.05, 4.69) is 10.3 Å². The van der Waals surface area contributed by atoms with Crippen LogP contribution in [0.3, 0.4) is 0 Å². The van der Waals surface area contributed by atoms with E-state index in [1.54, 1.807) is 44.3 Å². The van der Waals surface area contributed by atoms with Gasteiger partial charge in [0, 0.05) is 24.1 Å². The van der Waals surface area contributed by atoms with Crippen LogP contribution in [0.15, 0.2) is 65.2 Å². The minimum atomic E-state index is -0.975. The third kappa shape index (κ3) is 5.10. The van der Waals surface area contributed by atoms with Gasteiger partial charge in [0.1, 0.15) is 0 Å². The van der Waals surface area contributed by atoms with Crippen LogP contribution in [0.25, 0.3) is 11.3 Å². The average molecular weight is 392 g/mol. The summed E-state index contributed by atoms with van der Waals surface area (Å²) < 4.78 is 5.74. The third-order valence-electron chi connectivity index (χ3n) is 4.83. The van der Waals surface area contributed by atoms with E-state index in [4.69, 9.17) is 4.42 Å². The van der Waals surface area contributed by atoms with Crippen LogP contribution in [-0.4, -0.2) is 22.0 Å². The van der Waals surface area contributed by atoms with Gasteiger partial charge in [-0.15, -0.1) is 0 Å². The van der Waals surface area contributed by atoms with Gasteiger partial charge in [0.05, 0.1) is 11.6 Å². The van der Waals surface area contributed by atoms with Crippen LogP contribution in [0.4, 0.5) is 5.69 Å². The first-order chi connectivity index (χ1) is 13.9. The zero-order valence-corrected chi connectivity index (χ0v) is 16.5. The predicted octanol–water partition coefficient (Wildman–Crippen LogP) is 4.67. The van der Waals surface area contributed by atoms with Gasteiger partial charge in [0.25, 0.3) is 0 Å². The topological polar surface area (TPSA) is 92.4 Å². The molecule has 2 N–H and O–H groups in total. The fourth-order valence-corrected chi connectivity index (χ4v) is 2.88. The number of carbonyl (C=O) groups excluding carboxylic acids is 1. The normalized spacial score (nSPS) is 11.2. The number of aryl methyl sites for hydroxylation is 1. The van der Waals surface area contributed by atoms with Crippen LogP contribution in [0.2, 0.25) is 0 Å². The van der Waals surface area contributed by atoms with Gasteiger partial charge in [0.15, 0.2) is 11.7 Å². The smallest absolute Gasteiger partial charge is 0.313 e. The summed E-state index contributed by atoms with van der Waals surface area (Å²) in [6.07, 6.45) is 3.23. The van der Waals surface area contributed by atoms with Crippen molar-refractivity contribution >= 4 is 17.6 Å². The lowest BCUT2D eigenvalue weighted by Gasteiger charge is -2.19. The number of nitrogens with one attached hydrogen (secondary N) is 1. The second-order valence-corrected chi connectivity index (χ2v) is 7.39. The maximum Gasteiger partial charge on any atom is 0.313 e. The molecule has 1 amide bonds. The van der Waals surface area contributed by atoms with Crippen molar-refractivity contribution < 1.29 is 19.1 Å². The van der Waals surface area contributed by atoms with Crippen molar-refractivity contribution in [2.75, 3.05) is 5.32 Å². The van der Waals surface area contributed by atoms with Crippen LogP contribution in [0, 0.1) is 0 Å². The van der Waals surface area contributed by atoms with Crippen molar-refractivity contribution in [2.45, 2.75) is 38.5 Å². The van der Waals surface area contributed by atoms with Crippen LogP contribution in [0.5, 0.6) is 0 Å². The van der Waals surface area contributed by atoms with Crippen molar-refractivity contribution in [1.29, 1.82) is 0 Å². The largest absolute Gasteiger partial charge is 0.481 e. The molecule has 0 fully saturated rings. The van der Waals surface area contributed by atoms with Gasteiger partial charge in [-0.25, -0.2) is 4.98 Å². The van der Waals surface area contributed by atoms with E-state index in [0.717, 1.165) is 11.3 Å². The molecule has 3 aromatic rings. The summed E-state index contributed by atoms with van der Waals surface area (Å²) in [4.78, 5) is 27.8. The Labute approximate surface area is 169 Å². The standard InChI is InChI=1S/C23H24N2O4/c1-23(2,22(27)28)17-11-13-18(14-12-17)25-20(26)9-6-10-21-24-15-19(29-21)16-7-4-3-5-8-16/h3-5,7-8,11-15H,6,9-10H2,1-2H3,(H,25,26)(H,27,28). The summed E-state index contributed by atoms with van der Waals surface area (Å²) in [5, 5.41) is 12.1. The molecule has 29 heavy (non-hydrogen) atoms. The molecular weight excluding hydrogens is 368 g/mol. The molecule has 6 nitrogen and oxygen atoms in total. The number of aliphatic carboxylic acids is 1. The molecule has 0 aliphatic heterocycles. The number of carbonyl (C=O) groups is 2. The third-order valence-corrected chi connectivity index (χ3v) is 4.83. The molecule has 1 aromatic heterocycles. The van der Waals surface area contributed by atoms with Gasteiger partial charge < -0.3 is 14.8 Å². The minimum absolute atomic E-state index is 0.106. The summed E-state index contributed by atoms with van der Waals surface area (Å²) in [6, 6.07) is 16.6. The maximum absolute atomic E-state index is 12.2. The van der Waals surface area contributed by atoms with Crippen LogP contribution in [-0.2, 0) is 21.4 Å². The van der Waals surface area contributed by atoms with Crippen molar-refractivity contribution in [3.05, 3.63) is 72.2 Å². The van der Waals surface area contributed by atoms with Crippen molar-refractivity contribution in [2.24, 2.45) is 0 Å². The fourth-order valence-electron chi connectivity index (χ4n) is 2.88. The zero-order valence-electron chi connectivity index (χ0n) is 16.5. The van der Waals surface area contributed by atoms with Gasteiger partial charge in [-0.05, 0) is 38.0 Å². The van der Waals surface area contributed by atoms with Gasteiger partial charge in [-0.2, -0.15) is 0 Å². The summed E-state index contributed by atoms with van der Waals surface area (Å²) in [5.41, 5.74) is 1.32. The van der Waals surface area contributed by atoms with Gasteiger partial charge >= 0.3 is 5.97 Å². The van der Waals surface area contributed by atoms with E-state index in [1.165, 1.54) is 0 Å². The molecule has 0 aliphatic rings. The number of aromatic nitrogens is 1. The summed E-state index contributed by atoms with van der Waals surface area (Å²) in [6.45, 7) is 3.30. The summed E-state index contributed by atoms with van der Waals surface area (Å²) in [5.74, 6) is 0.327. The Morgan fingerprint density at radius 3 is 2.41 bits per heavy atom. The van der Waals surface area contributed by atoms with Gasteiger partial charge in [0.2, 0.25) is 5.91 Å². The van der Waals surface area contributed by atoms with Crippen molar-refractivity contribution in [1.82, 2.24) is 4.98 Å². The zero-order chi connectivity index (χ0) is 20.9. The molecule has 2 aromatic carbocycles. The Hall–Kier alpha value is -3.41. The molecular formula is C23H24N2O4. The number of benzene rings is 2. The lowest BCUT2D eigenvalue weighted by molar-refractivity contribution is -0.142. The lowest BCUT2D eigenvalue weighted by atomic mass is 9.85. The highest BCUT2D eigenvalue weighted by atomic mass is 16.4. The molecule has 150 valence electrons. The Bertz CT molecular complexity index is 976. The first-order valence-electron chi connectivity index (χ1n) is 9.50. The Morgan fingerprint density at radius 1 is 1.07 bits per heavy atom. The highest BCUT2D eigenvalue weighted by Gasteiger charge is 2.29. The number of carboxylic acid groups (broad SMARTS) is 1. The molecule has 0 unspecified atom stereocenters. The van der Waals surface area contributed by atoms with E-state index in [0.29, 0.717) is 36.4 Å².